The lowest BCUT2D eigenvalue weighted by Crippen LogP contribution is -2.17. The summed E-state index contributed by atoms with van der Waals surface area (Å²) in [5, 5.41) is 0. The van der Waals surface area contributed by atoms with E-state index in [1.165, 1.54) is 0 Å². The largest absolute Gasteiger partial charge is 0.379 e. The molecule has 0 rings (SSSR count). The third kappa shape index (κ3) is 12.3. The molecule has 0 fully saturated rings. The van der Waals surface area contributed by atoms with Gasteiger partial charge in [0.1, 0.15) is 0 Å². The van der Waals surface area contributed by atoms with Crippen molar-refractivity contribution in [2.75, 3.05) is 39.6 Å². The summed E-state index contributed by atoms with van der Waals surface area (Å²) in [6.45, 7) is 11.5. The second-order valence-corrected chi connectivity index (χ2v) is 3.75. The van der Waals surface area contributed by atoms with Crippen LogP contribution in [0.5, 0.6) is 0 Å². The fraction of sp³-hybridized carbons (Fsp3) is 1.00. The molecule has 2 atom stereocenters. The number of hydrogen-bond donors (Lipinski definition) is 0. The Morgan fingerprint density at radius 2 is 1.22 bits per heavy atom. The van der Waals surface area contributed by atoms with Crippen LogP contribution in [-0.2, 0) is 23.7 Å². The normalized spacial score (nSPS) is 14.7. The van der Waals surface area contributed by atoms with E-state index in [1.54, 1.807) is 0 Å². The van der Waals surface area contributed by atoms with Crippen LogP contribution in [0.1, 0.15) is 34.1 Å². The molecule has 18 heavy (non-hydrogen) atoms. The summed E-state index contributed by atoms with van der Waals surface area (Å²) in [4.78, 5) is 0. The highest BCUT2D eigenvalue weighted by atomic mass is 16.7. The van der Waals surface area contributed by atoms with E-state index in [9.17, 15) is 0 Å². The van der Waals surface area contributed by atoms with Crippen molar-refractivity contribution < 1.29 is 23.7 Å². The molecule has 0 aliphatic heterocycles. The van der Waals surface area contributed by atoms with Crippen molar-refractivity contribution in [3.8, 4) is 0 Å². The molecule has 0 aliphatic rings. The van der Waals surface area contributed by atoms with Crippen molar-refractivity contribution in [2.45, 2.75) is 46.7 Å². The van der Waals surface area contributed by atoms with E-state index in [2.05, 4.69) is 0 Å². The Hall–Kier alpha value is -0.200. The highest BCUT2D eigenvalue weighted by Gasteiger charge is 2.01. The van der Waals surface area contributed by atoms with E-state index >= 15 is 0 Å². The minimum absolute atomic E-state index is 0.134. The summed E-state index contributed by atoms with van der Waals surface area (Å²) in [6, 6.07) is 0. The molecule has 0 bridgehead atoms. The van der Waals surface area contributed by atoms with Crippen molar-refractivity contribution in [1.82, 2.24) is 0 Å². The van der Waals surface area contributed by atoms with Gasteiger partial charge in [-0.15, -0.1) is 0 Å². The molecule has 0 radical (unpaired) electrons. The second-order valence-electron chi connectivity index (χ2n) is 3.75. The Kier molecular flexibility index (Phi) is 13.1. The summed E-state index contributed by atoms with van der Waals surface area (Å²) in [6.07, 6.45) is 0.567. The topological polar surface area (TPSA) is 46.2 Å². The van der Waals surface area contributed by atoms with Crippen LogP contribution in [0.2, 0.25) is 0 Å². The maximum atomic E-state index is 5.41. The molecule has 2 unspecified atom stereocenters. The maximum Gasteiger partial charge on any atom is 0.154 e. The van der Waals surface area contributed by atoms with Crippen LogP contribution >= 0.6 is 0 Å². The Morgan fingerprint density at radius 1 is 0.667 bits per heavy atom. The number of rotatable bonds is 13. The number of ether oxygens (including phenoxy) is 5. The fourth-order valence-corrected chi connectivity index (χ4v) is 1.35. The zero-order chi connectivity index (χ0) is 13.6. The standard InChI is InChI=1S/C13H28O5/c1-5-15-12(3)17-9-7-8-14-10-11-18-13(4)16-6-2/h12-13H,5-11H2,1-4H3. The van der Waals surface area contributed by atoms with E-state index in [4.69, 9.17) is 23.7 Å². The van der Waals surface area contributed by atoms with Crippen molar-refractivity contribution in [3.05, 3.63) is 0 Å². The molecule has 0 saturated carbocycles. The van der Waals surface area contributed by atoms with Gasteiger partial charge < -0.3 is 23.7 Å². The van der Waals surface area contributed by atoms with Crippen molar-refractivity contribution in [1.29, 1.82) is 0 Å². The fourth-order valence-electron chi connectivity index (χ4n) is 1.35. The number of hydrogen-bond acceptors (Lipinski definition) is 5. The van der Waals surface area contributed by atoms with Crippen LogP contribution in [0.4, 0.5) is 0 Å². The first-order valence-corrected chi connectivity index (χ1v) is 6.74. The van der Waals surface area contributed by atoms with E-state index in [-0.39, 0.29) is 12.6 Å². The van der Waals surface area contributed by atoms with Crippen LogP contribution in [0.15, 0.2) is 0 Å². The summed E-state index contributed by atoms with van der Waals surface area (Å²) in [7, 11) is 0. The van der Waals surface area contributed by atoms with Gasteiger partial charge in [0, 0.05) is 19.8 Å². The van der Waals surface area contributed by atoms with Crippen LogP contribution in [-0.4, -0.2) is 52.2 Å². The third-order valence-electron chi connectivity index (χ3n) is 2.17. The Morgan fingerprint density at radius 3 is 1.78 bits per heavy atom. The molecule has 0 aromatic rings. The lowest BCUT2D eigenvalue weighted by atomic mass is 10.5. The van der Waals surface area contributed by atoms with E-state index < -0.39 is 0 Å². The average molecular weight is 264 g/mol. The SMILES string of the molecule is CCOC(C)OCCCOCCOC(C)OCC. The molecule has 0 aromatic heterocycles. The van der Waals surface area contributed by atoms with E-state index in [0.29, 0.717) is 39.6 Å². The van der Waals surface area contributed by atoms with Gasteiger partial charge in [-0.2, -0.15) is 0 Å². The molecule has 0 aliphatic carbocycles. The summed E-state index contributed by atoms with van der Waals surface area (Å²) in [5.41, 5.74) is 0. The Bertz CT molecular complexity index is 147. The first-order chi connectivity index (χ1) is 8.70. The van der Waals surface area contributed by atoms with Gasteiger partial charge in [-0.3, -0.25) is 0 Å². The predicted molar refractivity (Wildman–Crippen MR) is 69.5 cm³/mol. The van der Waals surface area contributed by atoms with E-state index in [0.717, 1.165) is 6.42 Å². The van der Waals surface area contributed by atoms with Crippen LogP contribution in [0, 0.1) is 0 Å². The minimum atomic E-state index is -0.158. The monoisotopic (exact) mass is 264 g/mol. The lowest BCUT2D eigenvalue weighted by molar-refractivity contribution is -0.140. The van der Waals surface area contributed by atoms with Gasteiger partial charge >= 0.3 is 0 Å². The van der Waals surface area contributed by atoms with Gasteiger partial charge in [0.2, 0.25) is 0 Å². The van der Waals surface area contributed by atoms with Gasteiger partial charge in [0.15, 0.2) is 12.6 Å². The highest BCUT2D eigenvalue weighted by molar-refractivity contribution is 4.38. The maximum absolute atomic E-state index is 5.41. The second kappa shape index (κ2) is 13.2. The molecule has 0 saturated heterocycles. The minimum Gasteiger partial charge on any atom is -0.379 e. The summed E-state index contributed by atoms with van der Waals surface area (Å²) in [5.74, 6) is 0. The van der Waals surface area contributed by atoms with Crippen LogP contribution < -0.4 is 0 Å². The first kappa shape index (κ1) is 17.8. The summed E-state index contributed by atoms with van der Waals surface area (Å²) >= 11 is 0. The van der Waals surface area contributed by atoms with Gasteiger partial charge in [-0.1, -0.05) is 0 Å². The molecular formula is C13H28O5. The predicted octanol–water partition coefficient (Wildman–Crippen LogP) is 2.19. The van der Waals surface area contributed by atoms with Crippen molar-refractivity contribution >= 4 is 0 Å². The molecule has 5 nitrogen and oxygen atoms in total. The molecule has 0 spiro atoms. The Balaban J connectivity index is 3.11. The molecule has 0 N–H and O–H groups in total. The molecule has 0 aromatic carbocycles. The zero-order valence-electron chi connectivity index (χ0n) is 12.1. The molecular weight excluding hydrogens is 236 g/mol. The van der Waals surface area contributed by atoms with Gasteiger partial charge in [0.05, 0.1) is 19.8 Å². The van der Waals surface area contributed by atoms with Gasteiger partial charge in [0.25, 0.3) is 0 Å². The summed E-state index contributed by atoms with van der Waals surface area (Å²) < 4.78 is 26.6. The zero-order valence-corrected chi connectivity index (χ0v) is 12.1. The van der Waals surface area contributed by atoms with Crippen LogP contribution in [0.25, 0.3) is 0 Å². The molecule has 0 heterocycles. The molecule has 110 valence electrons. The highest BCUT2D eigenvalue weighted by Crippen LogP contribution is 1.96. The van der Waals surface area contributed by atoms with Crippen molar-refractivity contribution in [3.63, 3.8) is 0 Å². The molecule has 0 amide bonds. The molecule has 5 heteroatoms. The van der Waals surface area contributed by atoms with Gasteiger partial charge in [-0.25, -0.2) is 0 Å². The van der Waals surface area contributed by atoms with Crippen LogP contribution in [0.3, 0.4) is 0 Å². The Labute approximate surface area is 111 Å². The first-order valence-electron chi connectivity index (χ1n) is 6.74. The smallest absolute Gasteiger partial charge is 0.154 e. The van der Waals surface area contributed by atoms with Crippen molar-refractivity contribution in [2.24, 2.45) is 0 Å². The van der Waals surface area contributed by atoms with Gasteiger partial charge in [-0.05, 0) is 34.1 Å². The lowest BCUT2D eigenvalue weighted by Gasteiger charge is -2.13. The van der Waals surface area contributed by atoms with E-state index in [1.807, 2.05) is 27.7 Å². The third-order valence-corrected chi connectivity index (χ3v) is 2.17. The average Bonchev–Trinajstić information content (AvgIpc) is 2.33. The quantitative estimate of drug-likeness (QED) is 0.377.